The van der Waals surface area contributed by atoms with Crippen molar-refractivity contribution in [3.63, 3.8) is 0 Å². The Labute approximate surface area is 113 Å². The van der Waals surface area contributed by atoms with Crippen LogP contribution in [0.15, 0.2) is 53.9 Å². The molecule has 0 saturated heterocycles. The van der Waals surface area contributed by atoms with E-state index in [4.69, 9.17) is 5.39 Å². The monoisotopic (exact) mass is 269 g/mol. The largest absolute Gasteiger partial charge is 0.385 e. The minimum atomic E-state index is 0.578. The van der Waals surface area contributed by atoms with E-state index in [2.05, 4.69) is 34.6 Å². The minimum absolute atomic E-state index is 0.578. The predicted molar refractivity (Wildman–Crippen MR) is 77.8 cm³/mol. The first-order chi connectivity index (χ1) is 8.86. The Kier molecular flexibility index (Phi) is 2.93. The molecule has 0 aliphatic rings. The van der Waals surface area contributed by atoms with Crippen LogP contribution in [-0.2, 0) is 0 Å². The van der Waals surface area contributed by atoms with Gasteiger partial charge in [0.15, 0.2) is 4.98 Å². The Hall–Kier alpha value is -1.96. The van der Waals surface area contributed by atoms with Gasteiger partial charge in [-0.05, 0) is 41.3 Å². The van der Waals surface area contributed by atoms with Gasteiger partial charge in [0, 0.05) is 26.8 Å². The second-order valence-electron chi connectivity index (χ2n) is 3.79. The molecule has 0 bridgehead atoms. The third-order valence-corrected chi connectivity index (χ3v) is 4.84. The van der Waals surface area contributed by atoms with Crippen LogP contribution in [0.2, 0.25) is 0 Å². The number of benzene rings is 1. The first-order valence-corrected chi connectivity index (χ1v) is 7.16. The van der Waals surface area contributed by atoms with E-state index in [0.717, 1.165) is 5.56 Å². The highest BCUT2D eigenvalue weighted by molar-refractivity contribution is 7.23. The fraction of sp³-hybridized carbons (Fsp3) is 0. The molecule has 2 heterocycles. The van der Waals surface area contributed by atoms with Gasteiger partial charge in [0.2, 0.25) is 5.39 Å². The Balaban J connectivity index is 1.95. The van der Waals surface area contributed by atoms with E-state index in [-0.39, 0.29) is 0 Å². The Morgan fingerprint density at radius 1 is 0.833 bits per heavy atom. The maximum atomic E-state index is 8.66. The molecule has 2 nitrogen and oxygen atoms in total. The zero-order chi connectivity index (χ0) is 12.4. The molecule has 0 aliphatic carbocycles. The van der Waals surface area contributed by atoms with Gasteiger partial charge in [0.25, 0.3) is 0 Å². The van der Waals surface area contributed by atoms with E-state index in [1.807, 2.05) is 12.1 Å². The van der Waals surface area contributed by atoms with Crippen LogP contribution in [0.4, 0.5) is 5.69 Å². The van der Waals surface area contributed by atoms with Gasteiger partial charge in [0.1, 0.15) is 0 Å². The number of diazo groups is 1. The van der Waals surface area contributed by atoms with Crippen molar-refractivity contribution >= 4 is 28.4 Å². The molecule has 0 unspecified atom stereocenters. The summed E-state index contributed by atoms with van der Waals surface area (Å²) >= 11 is 3.53. The summed E-state index contributed by atoms with van der Waals surface area (Å²) in [6.45, 7) is 0. The van der Waals surface area contributed by atoms with Gasteiger partial charge in [0.05, 0.1) is 0 Å². The fourth-order valence-electron chi connectivity index (χ4n) is 1.74. The lowest BCUT2D eigenvalue weighted by Gasteiger charge is -1.94. The molecule has 0 atom stereocenters. The zero-order valence-corrected chi connectivity index (χ0v) is 11.0. The summed E-state index contributed by atoms with van der Waals surface area (Å²) in [5.41, 5.74) is 1.73. The second-order valence-corrected chi connectivity index (χ2v) is 5.82. The fourth-order valence-corrected chi connectivity index (χ4v) is 3.58. The normalized spacial score (nSPS) is 10.2. The van der Waals surface area contributed by atoms with E-state index in [9.17, 15) is 0 Å². The van der Waals surface area contributed by atoms with E-state index in [1.165, 1.54) is 14.6 Å². The maximum Gasteiger partial charge on any atom is 0.385 e. The smallest absolute Gasteiger partial charge is 0.143 e. The molecule has 0 saturated carbocycles. The topological polar surface area (TPSA) is 28.1 Å². The predicted octanol–water partition coefficient (Wildman–Crippen LogP) is 5.63. The molecule has 4 heteroatoms. The van der Waals surface area contributed by atoms with Crippen molar-refractivity contribution in [2.45, 2.75) is 0 Å². The average molecular weight is 269 g/mol. The first kappa shape index (κ1) is 11.1. The van der Waals surface area contributed by atoms with E-state index in [1.54, 1.807) is 34.8 Å². The summed E-state index contributed by atoms with van der Waals surface area (Å²) in [5.74, 6) is 0. The summed E-state index contributed by atoms with van der Waals surface area (Å²) in [5, 5.41) is 10.7. The summed E-state index contributed by atoms with van der Waals surface area (Å²) in [6.07, 6.45) is 0. The lowest BCUT2D eigenvalue weighted by Crippen LogP contribution is -1.69. The SMILES string of the molecule is N#[N+]c1ccc(-c2ccc(-c3cccs3)s2)cc1. The molecule has 0 spiro atoms. The second kappa shape index (κ2) is 4.73. The van der Waals surface area contributed by atoms with Crippen LogP contribution in [0, 0.1) is 5.39 Å². The van der Waals surface area contributed by atoms with Crippen molar-refractivity contribution in [1.82, 2.24) is 0 Å². The molecule has 2 aromatic heterocycles. The molecular formula is C14H9N2S2+. The Morgan fingerprint density at radius 3 is 2.28 bits per heavy atom. The zero-order valence-electron chi connectivity index (χ0n) is 9.41. The van der Waals surface area contributed by atoms with Crippen LogP contribution in [0.5, 0.6) is 0 Å². The number of rotatable bonds is 2. The quantitative estimate of drug-likeness (QED) is 0.554. The molecule has 0 N–H and O–H groups in total. The minimum Gasteiger partial charge on any atom is -0.143 e. The number of hydrogen-bond acceptors (Lipinski definition) is 3. The number of nitrogens with zero attached hydrogens (tertiary/aromatic N) is 2. The maximum absolute atomic E-state index is 8.66. The lowest BCUT2D eigenvalue weighted by atomic mass is 10.2. The molecule has 1 aromatic carbocycles. The first-order valence-electron chi connectivity index (χ1n) is 5.46. The molecule has 0 radical (unpaired) electrons. The van der Waals surface area contributed by atoms with Gasteiger partial charge < -0.3 is 0 Å². The summed E-state index contributed by atoms with van der Waals surface area (Å²) in [7, 11) is 0. The Morgan fingerprint density at radius 2 is 1.61 bits per heavy atom. The molecule has 3 rings (SSSR count). The van der Waals surface area contributed by atoms with Crippen molar-refractivity contribution in [1.29, 1.82) is 5.39 Å². The van der Waals surface area contributed by atoms with Gasteiger partial charge in [-0.3, -0.25) is 0 Å². The highest BCUT2D eigenvalue weighted by Gasteiger charge is 2.08. The molecule has 3 aromatic rings. The van der Waals surface area contributed by atoms with E-state index < -0.39 is 0 Å². The van der Waals surface area contributed by atoms with Crippen LogP contribution >= 0.6 is 22.7 Å². The summed E-state index contributed by atoms with van der Waals surface area (Å²) in [6, 6.07) is 16.0. The third-order valence-electron chi connectivity index (χ3n) is 2.64. The van der Waals surface area contributed by atoms with Crippen molar-refractivity contribution in [3.05, 3.63) is 58.9 Å². The summed E-state index contributed by atoms with van der Waals surface area (Å²) < 4.78 is 0. The highest BCUT2D eigenvalue weighted by Crippen LogP contribution is 2.36. The van der Waals surface area contributed by atoms with Crippen LogP contribution in [0.3, 0.4) is 0 Å². The Bertz CT molecular complexity index is 688. The lowest BCUT2D eigenvalue weighted by molar-refractivity contribution is 1.46. The van der Waals surface area contributed by atoms with Crippen molar-refractivity contribution in [2.75, 3.05) is 0 Å². The van der Waals surface area contributed by atoms with E-state index >= 15 is 0 Å². The van der Waals surface area contributed by atoms with Crippen LogP contribution in [-0.4, -0.2) is 0 Å². The number of hydrogen-bond donors (Lipinski definition) is 0. The number of thiophene rings is 2. The molecule has 18 heavy (non-hydrogen) atoms. The van der Waals surface area contributed by atoms with Gasteiger partial charge >= 0.3 is 5.69 Å². The molecule has 86 valence electrons. The van der Waals surface area contributed by atoms with Gasteiger partial charge in [-0.15, -0.1) is 22.7 Å². The van der Waals surface area contributed by atoms with Crippen LogP contribution in [0.1, 0.15) is 0 Å². The average Bonchev–Trinajstić information content (AvgIpc) is 3.09. The van der Waals surface area contributed by atoms with Gasteiger partial charge in [-0.25, -0.2) is 0 Å². The van der Waals surface area contributed by atoms with Crippen molar-refractivity contribution < 1.29 is 0 Å². The van der Waals surface area contributed by atoms with Crippen molar-refractivity contribution in [3.8, 4) is 20.2 Å². The van der Waals surface area contributed by atoms with Crippen molar-refractivity contribution in [2.24, 2.45) is 0 Å². The van der Waals surface area contributed by atoms with Gasteiger partial charge in [-0.1, -0.05) is 6.07 Å². The van der Waals surface area contributed by atoms with Gasteiger partial charge in [-0.2, -0.15) is 0 Å². The molecular weight excluding hydrogens is 260 g/mol. The molecule has 0 fully saturated rings. The molecule has 0 aliphatic heterocycles. The highest BCUT2D eigenvalue weighted by atomic mass is 32.1. The van der Waals surface area contributed by atoms with E-state index in [0.29, 0.717) is 5.69 Å². The van der Waals surface area contributed by atoms with Crippen LogP contribution in [0.25, 0.3) is 25.2 Å². The third kappa shape index (κ3) is 2.06. The molecule has 0 amide bonds. The standard InChI is InChI=1S/C14H9N2S2/c15-16-11-5-3-10(4-6-11)12-7-8-14(18-12)13-2-1-9-17-13/h1-9H/q+1. The van der Waals surface area contributed by atoms with Crippen LogP contribution < -0.4 is 0 Å². The summed E-state index contributed by atoms with van der Waals surface area (Å²) in [4.78, 5) is 6.97.